The van der Waals surface area contributed by atoms with Gasteiger partial charge in [0.15, 0.2) is 5.78 Å². The van der Waals surface area contributed by atoms with Crippen LogP contribution in [0, 0.1) is 0 Å². The Balaban J connectivity index is 1.71. The first-order valence-corrected chi connectivity index (χ1v) is 10.4. The first kappa shape index (κ1) is 20.6. The van der Waals surface area contributed by atoms with Gasteiger partial charge >= 0.3 is 0 Å². The minimum Gasteiger partial charge on any atom is -0.322 e. The number of ketones is 1. The molecule has 0 aliphatic heterocycles. The summed E-state index contributed by atoms with van der Waals surface area (Å²) in [6, 6.07) is 18.4. The molecule has 0 bridgehead atoms. The summed E-state index contributed by atoms with van der Waals surface area (Å²) in [6.07, 6.45) is 0. The van der Waals surface area contributed by atoms with Crippen LogP contribution in [0.4, 0.5) is 11.4 Å². The number of hydrogen-bond donors (Lipinski definition) is 2. The fraction of sp³-hybridized carbons (Fsp3) is 0.0476. The highest BCUT2D eigenvalue weighted by Gasteiger charge is 2.14. The van der Waals surface area contributed by atoms with E-state index >= 15 is 0 Å². The van der Waals surface area contributed by atoms with E-state index in [0.29, 0.717) is 27.5 Å². The average Bonchev–Trinajstić information content (AvgIpc) is 2.68. The van der Waals surface area contributed by atoms with E-state index in [9.17, 15) is 18.0 Å². The Morgan fingerprint density at radius 2 is 1.48 bits per heavy atom. The fourth-order valence-corrected chi connectivity index (χ4v) is 3.72. The molecular weight excluding hydrogens is 412 g/mol. The summed E-state index contributed by atoms with van der Waals surface area (Å²) in [5, 5.41) is 3.15. The van der Waals surface area contributed by atoms with E-state index in [4.69, 9.17) is 11.6 Å². The molecule has 3 aromatic carbocycles. The topological polar surface area (TPSA) is 92.3 Å². The molecule has 0 fully saturated rings. The SMILES string of the molecule is CC(=O)c1cccc(NC(=O)c2ccc(NS(=O)(=O)c3ccc(Cl)cc3)cc2)c1. The van der Waals surface area contributed by atoms with Crippen LogP contribution in [0.25, 0.3) is 0 Å². The molecular formula is C21H17ClN2O4S. The number of hydrogen-bond acceptors (Lipinski definition) is 4. The Bertz CT molecular complexity index is 1160. The summed E-state index contributed by atoms with van der Waals surface area (Å²) in [7, 11) is -3.77. The van der Waals surface area contributed by atoms with Gasteiger partial charge in [-0.2, -0.15) is 0 Å². The van der Waals surface area contributed by atoms with Gasteiger partial charge in [0.2, 0.25) is 0 Å². The average molecular weight is 429 g/mol. The van der Waals surface area contributed by atoms with Crippen molar-refractivity contribution in [1.29, 1.82) is 0 Å². The highest BCUT2D eigenvalue weighted by atomic mass is 35.5. The van der Waals surface area contributed by atoms with Crippen LogP contribution in [0.3, 0.4) is 0 Å². The van der Waals surface area contributed by atoms with E-state index in [-0.39, 0.29) is 16.6 Å². The number of halogens is 1. The molecule has 0 radical (unpaired) electrons. The molecule has 8 heteroatoms. The second-order valence-corrected chi connectivity index (χ2v) is 8.35. The molecule has 0 unspecified atom stereocenters. The van der Waals surface area contributed by atoms with Crippen molar-refractivity contribution in [1.82, 2.24) is 0 Å². The lowest BCUT2D eigenvalue weighted by molar-refractivity contribution is 0.101. The molecule has 1 amide bonds. The lowest BCUT2D eigenvalue weighted by Crippen LogP contribution is -2.14. The van der Waals surface area contributed by atoms with Gasteiger partial charge in [0.25, 0.3) is 15.9 Å². The number of amides is 1. The molecule has 2 N–H and O–H groups in total. The predicted molar refractivity (Wildman–Crippen MR) is 113 cm³/mol. The van der Waals surface area contributed by atoms with Gasteiger partial charge in [0.1, 0.15) is 0 Å². The maximum Gasteiger partial charge on any atom is 0.261 e. The van der Waals surface area contributed by atoms with E-state index < -0.39 is 10.0 Å². The monoisotopic (exact) mass is 428 g/mol. The summed E-state index contributed by atoms with van der Waals surface area (Å²) in [6.45, 7) is 1.45. The van der Waals surface area contributed by atoms with Gasteiger partial charge in [-0.15, -0.1) is 0 Å². The van der Waals surface area contributed by atoms with Gasteiger partial charge < -0.3 is 5.32 Å². The second kappa shape index (κ2) is 8.46. The molecule has 0 saturated carbocycles. The molecule has 29 heavy (non-hydrogen) atoms. The van der Waals surface area contributed by atoms with Gasteiger partial charge in [0.05, 0.1) is 4.90 Å². The van der Waals surface area contributed by atoms with E-state index in [1.165, 1.54) is 55.5 Å². The molecule has 0 aliphatic carbocycles. The van der Waals surface area contributed by atoms with Crippen LogP contribution >= 0.6 is 11.6 Å². The maximum absolute atomic E-state index is 12.4. The second-order valence-electron chi connectivity index (χ2n) is 6.23. The standard InChI is InChI=1S/C21H17ClN2O4S/c1-14(25)16-3-2-4-19(13-16)23-21(26)15-5-9-18(10-6-15)24-29(27,28)20-11-7-17(22)8-12-20/h2-13,24H,1H3,(H,23,26). The zero-order valence-electron chi connectivity index (χ0n) is 15.3. The molecule has 0 heterocycles. The van der Waals surface area contributed by atoms with Gasteiger partial charge in [-0.05, 0) is 67.6 Å². The Kier molecular flexibility index (Phi) is 6.00. The first-order chi connectivity index (χ1) is 13.7. The van der Waals surface area contributed by atoms with Crippen LogP contribution in [-0.2, 0) is 10.0 Å². The van der Waals surface area contributed by atoms with Gasteiger partial charge in [0, 0.05) is 27.5 Å². The van der Waals surface area contributed by atoms with Crippen molar-refractivity contribution in [3.05, 3.63) is 88.9 Å². The van der Waals surface area contributed by atoms with Crippen molar-refractivity contribution in [2.24, 2.45) is 0 Å². The zero-order valence-corrected chi connectivity index (χ0v) is 16.9. The largest absolute Gasteiger partial charge is 0.322 e. The van der Waals surface area contributed by atoms with E-state index in [0.717, 1.165) is 0 Å². The van der Waals surface area contributed by atoms with Gasteiger partial charge in [-0.3, -0.25) is 14.3 Å². The number of Topliss-reactive ketones (excluding diaryl/α,β-unsaturated/α-hetero) is 1. The summed E-state index contributed by atoms with van der Waals surface area (Å²) in [5.41, 5.74) is 1.65. The normalized spacial score (nSPS) is 11.0. The Labute approximate surface area is 173 Å². The third-order valence-corrected chi connectivity index (χ3v) is 5.70. The number of nitrogens with one attached hydrogen (secondary N) is 2. The molecule has 148 valence electrons. The highest BCUT2D eigenvalue weighted by molar-refractivity contribution is 7.92. The van der Waals surface area contributed by atoms with Crippen molar-refractivity contribution in [2.45, 2.75) is 11.8 Å². The number of carbonyl (C=O) groups is 2. The Morgan fingerprint density at radius 3 is 2.10 bits per heavy atom. The minimum atomic E-state index is -3.77. The third-order valence-electron chi connectivity index (χ3n) is 4.05. The number of anilines is 2. The summed E-state index contributed by atoms with van der Waals surface area (Å²) >= 11 is 5.78. The quantitative estimate of drug-likeness (QED) is 0.561. The van der Waals surface area contributed by atoms with E-state index in [1.54, 1.807) is 24.3 Å². The Hall–Kier alpha value is -3.16. The predicted octanol–water partition coefficient (Wildman–Crippen LogP) is 4.60. The molecule has 3 aromatic rings. The summed E-state index contributed by atoms with van der Waals surface area (Å²) in [5.74, 6) is -0.476. The number of benzene rings is 3. The van der Waals surface area contributed by atoms with Crippen LogP contribution < -0.4 is 10.0 Å². The van der Waals surface area contributed by atoms with Gasteiger partial charge in [-0.1, -0.05) is 23.7 Å². The molecule has 0 atom stereocenters. The molecule has 6 nitrogen and oxygen atoms in total. The van der Waals surface area contributed by atoms with Crippen molar-refractivity contribution in [3.63, 3.8) is 0 Å². The van der Waals surface area contributed by atoms with Crippen LogP contribution in [0.15, 0.2) is 77.7 Å². The van der Waals surface area contributed by atoms with Crippen molar-refractivity contribution >= 4 is 44.7 Å². The molecule has 0 saturated heterocycles. The molecule has 0 aliphatic rings. The molecule has 0 aromatic heterocycles. The van der Waals surface area contributed by atoms with Crippen LogP contribution in [0.5, 0.6) is 0 Å². The molecule has 3 rings (SSSR count). The smallest absolute Gasteiger partial charge is 0.261 e. The highest BCUT2D eigenvalue weighted by Crippen LogP contribution is 2.19. The number of carbonyl (C=O) groups excluding carboxylic acids is 2. The maximum atomic E-state index is 12.4. The molecule has 0 spiro atoms. The summed E-state index contributed by atoms with van der Waals surface area (Å²) in [4.78, 5) is 23.9. The van der Waals surface area contributed by atoms with E-state index in [1.807, 2.05) is 0 Å². The van der Waals surface area contributed by atoms with Crippen LogP contribution in [-0.4, -0.2) is 20.1 Å². The fourth-order valence-electron chi connectivity index (χ4n) is 2.54. The first-order valence-electron chi connectivity index (χ1n) is 8.55. The van der Waals surface area contributed by atoms with Crippen molar-refractivity contribution < 1.29 is 18.0 Å². The lowest BCUT2D eigenvalue weighted by Gasteiger charge is -2.10. The number of rotatable bonds is 6. The Morgan fingerprint density at radius 1 is 0.828 bits per heavy atom. The number of sulfonamides is 1. The van der Waals surface area contributed by atoms with Crippen molar-refractivity contribution in [2.75, 3.05) is 10.0 Å². The van der Waals surface area contributed by atoms with Crippen molar-refractivity contribution in [3.8, 4) is 0 Å². The van der Waals surface area contributed by atoms with Crippen LogP contribution in [0.1, 0.15) is 27.6 Å². The summed E-state index contributed by atoms with van der Waals surface area (Å²) < 4.78 is 27.2. The van der Waals surface area contributed by atoms with E-state index in [2.05, 4.69) is 10.0 Å². The van der Waals surface area contributed by atoms with Gasteiger partial charge in [-0.25, -0.2) is 8.42 Å². The zero-order chi connectivity index (χ0) is 21.0. The lowest BCUT2D eigenvalue weighted by atomic mass is 10.1. The van der Waals surface area contributed by atoms with Crippen LogP contribution in [0.2, 0.25) is 5.02 Å². The third kappa shape index (κ3) is 5.22. The minimum absolute atomic E-state index is 0.0778.